The fourth-order valence-corrected chi connectivity index (χ4v) is 0.676. The van der Waals surface area contributed by atoms with E-state index in [0.29, 0.717) is 5.92 Å². The van der Waals surface area contributed by atoms with Crippen molar-refractivity contribution >= 4 is 5.97 Å². The van der Waals surface area contributed by atoms with Crippen LogP contribution in [0.2, 0.25) is 0 Å². The fraction of sp³-hybridized carbons (Fsp3) is 0.545. The van der Waals surface area contributed by atoms with Crippen LogP contribution in [0.3, 0.4) is 0 Å². The van der Waals surface area contributed by atoms with E-state index in [2.05, 4.69) is 16.6 Å². The molecule has 0 saturated heterocycles. The van der Waals surface area contributed by atoms with E-state index >= 15 is 0 Å². The second-order valence-corrected chi connectivity index (χ2v) is 3.15. The lowest BCUT2D eigenvalue weighted by molar-refractivity contribution is -0.139. The topological polar surface area (TPSA) is 46.5 Å². The third kappa shape index (κ3) is 7.38. The van der Waals surface area contributed by atoms with Crippen LogP contribution in [0.1, 0.15) is 20.3 Å². The largest absolute Gasteiger partial charge is 0.468 e. The third-order valence-corrected chi connectivity index (χ3v) is 1.39. The zero-order valence-corrected chi connectivity index (χ0v) is 8.78. The first-order valence-corrected chi connectivity index (χ1v) is 4.48. The normalized spacial score (nSPS) is 12.4. The summed E-state index contributed by atoms with van der Waals surface area (Å²) < 4.78 is 4.39. The second-order valence-electron chi connectivity index (χ2n) is 3.15. The van der Waals surface area contributed by atoms with Crippen LogP contribution in [0.15, 0.2) is 12.2 Å². The number of hydrogen-bond donors (Lipinski definition) is 1. The molecule has 0 heterocycles. The smallest absolute Gasteiger partial charge is 0.317 e. The van der Waals surface area contributed by atoms with Gasteiger partial charge in [-0.15, -0.1) is 0 Å². The molecule has 3 heteroatoms. The van der Waals surface area contributed by atoms with Crippen molar-refractivity contribution < 1.29 is 14.6 Å². The van der Waals surface area contributed by atoms with E-state index in [9.17, 15) is 9.90 Å². The molecule has 0 aliphatic heterocycles. The molecule has 0 radical (unpaired) electrons. The molecule has 78 valence electrons. The molecule has 0 rings (SSSR count). The molecule has 1 unspecified atom stereocenters. The van der Waals surface area contributed by atoms with Crippen LogP contribution in [0.25, 0.3) is 0 Å². The van der Waals surface area contributed by atoms with Crippen molar-refractivity contribution in [1.29, 1.82) is 0 Å². The van der Waals surface area contributed by atoms with Crippen molar-refractivity contribution in [3.8, 4) is 11.8 Å². The van der Waals surface area contributed by atoms with Gasteiger partial charge in [-0.05, 0) is 12.0 Å². The molecule has 0 fully saturated rings. The van der Waals surface area contributed by atoms with Gasteiger partial charge in [-0.3, -0.25) is 4.79 Å². The summed E-state index contributed by atoms with van der Waals surface area (Å²) in [6.45, 7) is 4.01. The second kappa shape index (κ2) is 7.16. The summed E-state index contributed by atoms with van der Waals surface area (Å²) in [5.41, 5.74) is 0. The maximum atomic E-state index is 10.6. The van der Waals surface area contributed by atoms with Crippen LogP contribution in [0, 0.1) is 17.8 Å². The minimum atomic E-state index is -0.804. The Bertz CT molecular complexity index is 255. The Balaban J connectivity index is 3.92. The van der Waals surface area contributed by atoms with Crippen molar-refractivity contribution in [2.75, 3.05) is 7.11 Å². The molecule has 14 heavy (non-hydrogen) atoms. The Hall–Kier alpha value is -1.27. The molecule has 0 spiro atoms. The Kier molecular flexibility index (Phi) is 6.51. The fourth-order valence-electron chi connectivity index (χ4n) is 0.676. The number of esters is 1. The van der Waals surface area contributed by atoms with Crippen LogP contribution in [-0.4, -0.2) is 24.3 Å². The molecule has 0 aliphatic carbocycles. The molecule has 0 aliphatic rings. The standard InChI is InChI=1S/C11H16O3/c1-9(2)7-8-10(12)5-4-6-11(13)14-3/h7-10,12H,6H2,1-3H3/b8-7+. The number of allylic oxidation sites excluding steroid dienone is 1. The Morgan fingerprint density at radius 3 is 2.64 bits per heavy atom. The molecular weight excluding hydrogens is 180 g/mol. The lowest BCUT2D eigenvalue weighted by Gasteiger charge is -1.96. The highest BCUT2D eigenvalue weighted by Crippen LogP contribution is 1.95. The molecule has 1 N–H and O–H groups in total. The van der Waals surface area contributed by atoms with Crippen LogP contribution in [-0.2, 0) is 9.53 Å². The quantitative estimate of drug-likeness (QED) is 0.418. The number of hydrogen-bond acceptors (Lipinski definition) is 3. The summed E-state index contributed by atoms with van der Waals surface area (Å²) in [4.78, 5) is 10.6. The van der Waals surface area contributed by atoms with Gasteiger partial charge in [0.2, 0.25) is 0 Å². The third-order valence-electron chi connectivity index (χ3n) is 1.39. The molecule has 0 aromatic carbocycles. The number of aliphatic hydroxyl groups is 1. The molecule has 0 saturated carbocycles. The maximum absolute atomic E-state index is 10.6. The average Bonchev–Trinajstić information content (AvgIpc) is 2.14. The van der Waals surface area contributed by atoms with E-state index in [1.807, 2.05) is 19.9 Å². The van der Waals surface area contributed by atoms with E-state index in [4.69, 9.17) is 0 Å². The van der Waals surface area contributed by atoms with E-state index in [1.54, 1.807) is 6.08 Å². The number of ether oxygens (including phenoxy) is 1. The van der Waals surface area contributed by atoms with Crippen molar-refractivity contribution in [2.45, 2.75) is 26.4 Å². The van der Waals surface area contributed by atoms with Gasteiger partial charge in [-0.2, -0.15) is 0 Å². The van der Waals surface area contributed by atoms with Gasteiger partial charge >= 0.3 is 5.97 Å². The van der Waals surface area contributed by atoms with Gasteiger partial charge in [0, 0.05) is 0 Å². The minimum Gasteiger partial charge on any atom is -0.468 e. The summed E-state index contributed by atoms with van der Waals surface area (Å²) in [5.74, 6) is 5.05. The highest BCUT2D eigenvalue weighted by atomic mass is 16.5. The number of rotatable bonds is 3. The number of aliphatic hydroxyl groups excluding tert-OH is 1. The van der Waals surface area contributed by atoms with Gasteiger partial charge in [0.15, 0.2) is 0 Å². The highest BCUT2D eigenvalue weighted by Gasteiger charge is 1.95. The predicted molar refractivity (Wildman–Crippen MR) is 54.4 cm³/mol. The summed E-state index contributed by atoms with van der Waals surface area (Å²) in [5, 5.41) is 9.27. The summed E-state index contributed by atoms with van der Waals surface area (Å²) >= 11 is 0. The molecule has 0 aromatic heterocycles. The summed E-state index contributed by atoms with van der Waals surface area (Å²) in [6.07, 6.45) is 2.68. The van der Waals surface area contributed by atoms with Crippen molar-refractivity contribution in [3.05, 3.63) is 12.2 Å². The molecule has 0 amide bonds. The van der Waals surface area contributed by atoms with E-state index in [-0.39, 0.29) is 6.42 Å². The Morgan fingerprint density at radius 2 is 2.14 bits per heavy atom. The predicted octanol–water partition coefficient (Wildman–Crippen LogP) is 1.13. The van der Waals surface area contributed by atoms with Crippen LogP contribution in [0.5, 0.6) is 0 Å². The van der Waals surface area contributed by atoms with Crippen LogP contribution < -0.4 is 0 Å². The summed E-state index contributed by atoms with van der Waals surface area (Å²) in [7, 11) is 1.30. The maximum Gasteiger partial charge on any atom is 0.317 e. The van der Waals surface area contributed by atoms with E-state index in [0.717, 1.165) is 0 Å². The molecule has 0 aromatic rings. The van der Waals surface area contributed by atoms with Gasteiger partial charge in [0.05, 0.1) is 7.11 Å². The summed E-state index contributed by atoms with van der Waals surface area (Å²) in [6, 6.07) is 0. The zero-order valence-electron chi connectivity index (χ0n) is 8.78. The van der Waals surface area contributed by atoms with Crippen molar-refractivity contribution in [2.24, 2.45) is 5.92 Å². The van der Waals surface area contributed by atoms with Crippen LogP contribution >= 0.6 is 0 Å². The highest BCUT2D eigenvalue weighted by molar-refractivity contribution is 5.72. The number of carbonyl (C=O) groups excluding carboxylic acids is 1. The first-order valence-electron chi connectivity index (χ1n) is 4.48. The monoisotopic (exact) mass is 196 g/mol. The SMILES string of the molecule is COC(=O)CC#CC(O)/C=C/C(C)C. The van der Waals surface area contributed by atoms with Crippen molar-refractivity contribution in [1.82, 2.24) is 0 Å². The van der Waals surface area contributed by atoms with E-state index in [1.165, 1.54) is 7.11 Å². The van der Waals surface area contributed by atoms with Gasteiger partial charge < -0.3 is 9.84 Å². The van der Waals surface area contributed by atoms with E-state index < -0.39 is 12.1 Å². The van der Waals surface area contributed by atoms with Crippen molar-refractivity contribution in [3.63, 3.8) is 0 Å². The minimum absolute atomic E-state index is 0.0169. The average molecular weight is 196 g/mol. The first kappa shape index (κ1) is 12.7. The van der Waals surface area contributed by atoms with Gasteiger partial charge in [0.25, 0.3) is 0 Å². The first-order chi connectivity index (χ1) is 6.56. The number of methoxy groups -OCH3 is 1. The Morgan fingerprint density at radius 1 is 1.50 bits per heavy atom. The lowest BCUT2D eigenvalue weighted by atomic mass is 10.2. The Labute approximate surface area is 84.8 Å². The molecule has 0 bridgehead atoms. The van der Waals surface area contributed by atoms with Gasteiger partial charge in [-0.25, -0.2) is 0 Å². The van der Waals surface area contributed by atoms with Gasteiger partial charge in [-0.1, -0.05) is 31.8 Å². The molecular formula is C11H16O3. The van der Waals surface area contributed by atoms with Gasteiger partial charge in [0.1, 0.15) is 12.5 Å². The molecule has 1 atom stereocenters. The molecule has 3 nitrogen and oxygen atoms in total. The zero-order chi connectivity index (χ0) is 11.0. The number of carbonyl (C=O) groups is 1. The van der Waals surface area contributed by atoms with Crippen LogP contribution in [0.4, 0.5) is 0 Å². The lowest BCUT2D eigenvalue weighted by Crippen LogP contribution is -2.00.